The third-order valence-corrected chi connectivity index (χ3v) is 6.98. The fourth-order valence-corrected chi connectivity index (χ4v) is 5.37. The Balaban J connectivity index is 2.17. The van der Waals surface area contributed by atoms with Crippen LogP contribution in [0.4, 0.5) is 5.82 Å². The molecule has 2 aromatic rings. The van der Waals surface area contributed by atoms with Crippen molar-refractivity contribution in [3.8, 4) is 0 Å². The molecule has 2 rings (SSSR count). The molecule has 0 aromatic carbocycles. The van der Waals surface area contributed by atoms with Gasteiger partial charge in [-0.1, -0.05) is 13.8 Å². The van der Waals surface area contributed by atoms with E-state index < -0.39 is 43.6 Å². The van der Waals surface area contributed by atoms with Gasteiger partial charge in [-0.05, 0) is 47.5 Å². The van der Waals surface area contributed by atoms with Crippen molar-refractivity contribution in [2.24, 2.45) is 5.92 Å². The molecule has 37 heavy (non-hydrogen) atoms. The number of hydrogen-bond donors (Lipinski definition) is 2. The van der Waals surface area contributed by atoms with Gasteiger partial charge in [0.15, 0.2) is 17.6 Å². The Morgan fingerprint density at radius 2 is 1.81 bits per heavy atom. The molecule has 0 spiro atoms. The van der Waals surface area contributed by atoms with Gasteiger partial charge in [-0.15, -0.1) is 0 Å². The molecule has 0 aliphatic carbocycles. The van der Waals surface area contributed by atoms with Crippen LogP contribution in [0.25, 0.3) is 11.2 Å². The van der Waals surface area contributed by atoms with Gasteiger partial charge in [0.25, 0.3) is 7.52 Å². The Morgan fingerprint density at radius 1 is 1.14 bits per heavy atom. The number of esters is 2. The molecule has 0 bridgehead atoms. The highest BCUT2D eigenvalue weighted by atomic mass is 31.2. The average molecular weight is 543 g/mol. The molecule has 208 valence electrons. The largest absolute Gasteiger partial charge is 0.464 e. The molecule has 0 fully saturated rings. The van der Waals surface area contributed by atoms with Crippen LogP contribution in [0.1, 0.15) is 55.4 Å². The number of hydrogen-bond acceptors (Lipinski definition) is 11. The lowest BCUT2D eigenvalue weighted by atomic mass is 10.1. The minimum atomic E-state index is -3.94. The topological polar surface area (TPSA) is 170 Å². The van der Waals surface area contributed by atoms with E-state index in [9.17, 15) is 14.2 Å². The summed E-state index contributed by atoms with van der Waals surface area (Å²) < 4.78 is 37.7. The number of nitrogen functional groups attached to an aromatic ring is 1. The zero-order valence-electron chi connectivity index (χ0n) is 22.8. The molecular weight excluding hydrogens is 503 g/mol. The maximum Gasteiger partial charge on any atom is 0.335 e. The van der Waals surface area contributed by atoms with Crippen molar-refractivity contribution < 1.29 is 32.9 Å². The van der Waals surface area contributed by atoms with E-state index in [0.29, 0.717) is 17.7 Å². The molecular formula is C23H39N6O7P. The van der Waals surface area contributed by atoms with Crippen molar-refractivity contribution in [3.63, 3.8) is 0 Å². The maximum atomic E-state index is 13.9. The molecule has 14 heteroatoms. The first-order valence-corrected chi connectivity index (χ1v) is 13.9. The van der Waals surface area contributed by atoms with E-state index in [1.54, 1.807) is 31.7 Å². The Morgan fingerprint density at radius 3 is 2.43 bits per heavy atom. The van der Waals surface area contributed by atoms with Crippen LogP contribution < -0.4 is 10.8 Å². The number of anilines is 1. The van der Waals surface area contributed by atoms with Crippen LogP contribution in [0.2, 0.25) is 0 Å². The molecule has 3 N–H and O–H groups in total. The Hall–Kier alpha value is -2.60. The Bertz CT molecular complexity index is 1120. The maximum absolute atomic E-state index is 13.9. The Kier molecular flexibility index (Phi) is 10.6. The van der Waals surface area contributed by atoms with Gasteiger partial charge in [0, 0.05) is 0 Å². The van der Waals surface area contributed by atoms with Crippen molar-refractivity contribution in [1.82, 2.24) is 24.6 Å². The van der Waals surface area contributed by atoms with Gasteiger partial charge < -0.3 is 29.0 Å². The highest BCUT2D eigenvalue weighted by Crippen LogP contribution is 2.46. The molecule has 3 atom stereocenters. The van der Waals surface area contributed by atoms with Crippen LogP contribution in [0.15, 0.2) is 12.7 Å². The third kappa shape index (κ3) is 9.03. The summed E-state index contributed by atoms with van der Waals surface area (Å²) in [6, 6.07) is 0. The molecule has 3 unspecified atom stereocenters. The van der Waals surface area contributed by atoms with Crippen molar-refractivity contribution >= 4 is 36.4 Å². The first-order chi connectivity index (χ1) is 17.1. The molecule has 2 heterocycles. The number of rotatable bonds is 14. The van der Waals surface area contributed by atoms with E-state index >= 15 is 0 Å². The first-order valence-electron chi connectivity index (χ1n) is 12.1. The summed E-state index contributed by atoms with van der Waals surface area (Å²) in [5.74, 6) is -0.920. The summed E-state index contributed by atoms with van der Waals surface area (Å²) in [4.78, 5) is 37.4. The quantitative estimate of drug-likeness (QED) is 0.265. The van der Waals surface area contributed by atoms with Crippen LogP contribution in [-0.2, 0) is 39.4 Å². The number of carbonyl (C=O) groups excluding carboxylic acids is 2. The van der Waals surface area contributed by atoms with Gasteiger partial charge in [-0.25, -0.2) is 24.8 Å². The number of nitrogens with one attached hydrogen (secondary N) is 1. The van der Waals surface area contributed by atoms with Crippen LogP contribution >= 0.6 is 7.52 Å². The predicted molar refractivity (Wildman–Crippen MR) is 138 cm³/mol. The van der Waals surface area contributed by atoms with Crippen molar-refractivity contribution in [2.45, 2.75) is 85.8 Å². The van der Waals surface area contributed by atoms with Crippen molar-refractivity contribution in [3.05, 3.63) is 12.7 Å². The van der Waals surface area contributed by atoms with Crippen LogP contribution in [0, 0.1) is 5.92 Å². The van der Waals surface area contributed by atoms with E-state index in [1.807, 2.05) is 13.8 Å². The van der Waals surface area contributed by atoms with Gasteiger partial charge in [-0.3, -0.25) is 9.36 Å². The lowest BCUT2D eigenvalue weighted by Gasteiger charge is -2.31. The molecule has 0 saturated heterocycles. The number of nitrogens with two attached hydrogens (primary N) is 1. The Labute approximate surface area is 217 Å². The summed E-state index contributed by atoms with van der Waals surface area (Å²) in [6.07, 6.45) is 0.416. The minimum absolute atomic E-state index is 0.123. The third-order valence-electron chi connectivity index (χ3n) is 4.93. The van der Waals surface area contributed by atoms with Crippen molar-refractivity contribution in [2.75, 3.05) is 18.7 Å². The molecule has 0 amide bonds. The summed E-state index contributed by atoms with van der Waals surface area (Å²) in [5.41, 5.74) is 5.44. The zero-order chi connectivity index (χ0) is 28.0. The second kappa shape index (κ2) is 12.8. The number of imidazole rings is 1. The van der Waals surface area contributed by atoms with Crippen LogP contribution in [0.5, 0.6) is 0 Å². The molecule has 0 aliphatic rings. The standard InChI is InChI=1S/C23H39N6O7P/c1-14(2)10-33-22(31)23(7,8)28-37(32,36-17(6)21(30)35-15(3)4)13-34-16(5)9-29-12-27-18-19(24)25-11-26-20(18)29/h11-12,14-17H,9-10,13H2,1-8H3,(H,28,32)(H2,24,25,26). The zero-order valence-corrected chi connectivity index (χ0v) is 23.7. The molecule has 0 saturated carbocycles. The van der Waals surface area contributed by atoms with Gasteiger partial charge in [-0.2, -0.15) is 0 Å². The van der Waals surface area contributed by atoms with Gasteiger partial charge in [0.05, 0.1) is 31.7 Å². The summed E-state index contributed by atoms with van der Waals surface area (Å²) in [5, 5.41) is 2.75. The SMILES string of the molecule is CC(C)COC(=O)C(C)(C)NP(=O)(COC(C)Cn1cnc2c(N)ncnc21)OC(C)C(=O)OC(C)C. The molecule has 0 aliphatic heterocycles. The van der Waals surface area contributed by atoms with Crippen LogP contribution in [-0.4, -0.2) is 68.3 Å². The monoisotopic (exact) mass is 542 g/mol. The smallest absolute Gasteiger partial charge is 0.335 e. The van der Waals surface area contributed by atoms with E-state index in [2.05, 4.69) is 20.0 Å². The van der Waals surface area contributed by atoms with Gasteiger partial charge in [0.1, 0.15) is 23.7 Å². The van der Waals surface area contributed by atoms with Crippen LogP contribution in [0.3, 0.4) is 0 Å². The first kappa shape index (κ1) is 30.6. The second-order valence-electron chi connectivity index (χ2n) is 10.1. The molecule has 0 radical (unpaired) electrons. The number of ether oxygens (including phenoxy) is 3. The number of aromatic nitrogens is 4. The summed E-state index contributed by atoms with van der Waals surface area (Å²) in [7, 11) is -3.94. The number of carbonyl (C=O) groups is 2. The van der Waals surface area contributed by atoms with E-state index in [4.69, 9.17) is 24.5 Å². The van der Waals surface area contributed by atoms with E-state index in [1.165, 1.54) is 27.1 Å². The predicted octanol–water partition coefficient (Wildman–Crippen LogP) is 2.89. The van der Waals surface area contributed by atoms with E-state index in [0.717, 1.165) is 0 Å². The lowest BCUT2D eigenvalue weighted by Crippen LogP contribution is -2.47. The number of nitrogens with zero attached hydrogens (tertiary/aromatic N) is 4. The van der Waals surface area contributed by atoms with Crippen molar-refractivity contribution in [1.29, 1.82) is 0 Å². The summed E-state index contributed by atoms with van der Waals surface area (Å²) >= 11 is 0. The molecule has 13 nitrogen and oxygen atoms in total. The average Bonchev–Trinajstić information content (AvgIpc) is 3.19. The van der Waals surface area contributed by atoms with Gasteiger partial charge in [0.2, 0.25) is 0 Å². The highest BCUT2D eigenvalue weighted by Gasteiger charge is 2.40. The minimum Gasteiger partial charge on any atom is -0.464 e. The van der Waals surface area contributed by atoms with E-state index in [-0.39, 0.29) is 24.4 Å². The number of fused-ring (bicyclic) bond motifs is 1. The highest BCUT2D eigenvalue weighted by molar-refractivity contribution is 7.56. The lowest BCUT2D eigenvalue weighted by molar-refractivity contribution is -0.155. The fraction of sp³-hybridized carbons (Fsp3) is 0.696. The normalized spacial score (nSPS) is 15.5. The second-order valence-corrected chi connectivity index (χ2v) is 12.1. The fourth-order valence-electron chi connectivity index (χ4n) is 3.20. The molecule has 2 aromatic heterocycles. The van der Waals surface area contributed by atoms with Gasteiger partial charge >= 0.3 is 11.9 Å². The summed E-state index contributed by atoms with van der Waals surface area (Å²) in [6.45, 7) is 13.9.